The van der Waals surface area contributed by atoms with E-state index in [0.29, 0.717) is 30.8 Å². The minimum absolute atomic E-state index is 0.0664. The largest absolute Gasteiger partial charge is 0.334 e. The number of benzene rings is 1. The Hall–Kier alpha value is -3.15. The third-order valence-corrected chi connectivity index (χ3v) is 3.20. The molecule has 3 amide bonds. The lowest BCUT2D eigenvalue weighted by molar-refractivity contribution is -0.116. The number of hydrogen-bond donors (Lipinski definition) is 3. The Morgan fingerprint density at radius 1 is 1.08 bits per heavy atom. The van der Waals surface area contributed by atoms with E-state index < -0.39 is 0 Å². The summed E-state index contributed by atoms with van der Waals surface area (Å²) in [5.74, 6) is -0.0664. The van der Waals surface area contributed by atoms with Crippen molar-refractivity contribution >= 4 is 23.3 Å². The van der Waals surface area contributed by atoms with Crippen LogP contribution in [0.25, 0.3) is 0 Å². The average Bonchev–Trinajstić information content (AvgIpc) is 2.61. The Balaban J connectivity index is 1.79. The summed E-state index contributed by atoms with van der Waals surface area (Å²) in [6, 6.07) is 10.4. The number of carbonyl (C=O) groups excluding carboxylic acids is 2. The Kier molecular flexibility index (Phi) is 6.52. The molecular weight excluding hydrogens is 304 g/mol. The molecule has 3 N–H and O–H groups in total. The number of hydrogen-bond acceptors (Lipinski definition) is 3. The number of urea groups is 1. The van der Waals surface area contributed by atoms with Gasteiger partial charge in [0.25, 0.3) is 0 Å². The number of carbonyl (C=O) groups is 2. The summed E-state index contributed by atoms with van der Waals surface area (Å²) < 4.78 is 0. The van der Waals surface area contributed by atoms with Gasteiger partial charge in [0, 0.05) is 36.7 Å². The molecule has 0 fully saturated rings. The second kappa shape index (κ2) is 9.09. The van der Waals surface area contributed by atoms with Gasteiger partial charge in [-0.25, -0.2) is 4.79 Å². The highest BCUT2D eigenvalue weighted by atomic mass is 16.2. The van der Waals surface area contributed by atoms with Gasteiger partial charge in [0.2, 0.25) is 5.91 Å². The van der Waals surface area contributed by atoms with Crippen LogP contribution in [0.15, 0.2) is 61.4 Å². The molecule has 0 aliphatic carbocycles. The molecule has 6 heteroatoms. The van der Waals surface area contributed by atoms with E-state index in [-0.39, 0.29) is 11.9 Å². The molecule has 6 nitrogen and oxygen atoms in total. The summed E-state index contributed by atoms with van der Waals surface area (Å²) in [4.78, 5) is 27.5. The van der Waals surface area contributed by atoms with Gasteiger partial charge in [-0.1, -0.05) is 12.1 Å². The highest BCUT2D eigenvalue weighted by Gasteiger charge is 2.04. The van der Waals surface area contributed by atoms with E-state index in [1.807, 2.05) is 12.1 Å². The Morgan fingerprint density at radius 2 is 1.79 bits per heavy atom. The molecule has 0 atom stereocenters. The van der Waals surface area contributed by atoms with Crippen molar-refractivity contribution < 1.29 is 9.59 Å². The van der Waals surface area contributed by atoms with Crippen LogP contribution in [0.5, 0.6) is 0 Å². The van der Waals surface area contributed by atoms with E-state index in [1.54, 1.807) is 42.7 Å². The monoisotopic (exact) mass is 324 g/mol. The molecular formula is C18H20N4O2. The first-order chi connectivity index (χ1) is 11.7. The van der Waals surface area contributed by atoms with Gasteiger partial charge in [0.05, 0.1) is 0 Å². The maximum atomic E-state index is 11.9. The van der Waals surface area contributed by atoms with Crippen molar-refractivity contribution in [2.45, 2.75) is 12.8 Å². The van der Waals surface area contributed by atoms with Crippen molar-refractivity contribution in [3.05, 3.63) is 67.0 Å². The SMILES string of the molecule is C=CCNC(=O)Nc1ccc(NC(=O)CCc2cccnc2)cc1. The van der Waals surface area contributed by atoms with Crippen molar-refractivity contribution in [3.63, 3.8) is 0 Å². The molecule has 0 aliphatic rings. The molecule has 0 unspecified atom stereocenters. The number of aryl methyl sites for hydroxylation is 1. The number of nitrogens with one attached hydrogen (secondary N) is 3. The predicted molar refractivity (Wildman–Crippen MR) is 94.8 cm³/mol. The lowest BCUT2D eigenvalue weighted by Crippen LogP contribution is -2.28. The van der Waals surface area contributed by atoms with E-state index in [2.05, 4.69) is 27.5 Å². The summed E-state index contributed by atoms with van der Waals surface area (Å²) in [7, 11) is 0. The van der Waals surface area contributed by atoms with E-state index in [4.69, 9.17) is 0 Å². The highest BCUT2D eigenvalue weighted by Crippen LogP contribution is 2.14. The van der Waals surface area contributed by atoms with E-state index in [1.165, 1.54) is 0 Å². The van der Waals surface area contributed by atoms with Crippen LogP contribution in [-0.2, 0) is 11.2 Å². The zero-order chi connectivity index (χ0) is 17.2. The number of rotatable bonds is 7. The molecule has 1 aromatic carbocycles. The van der Waals surface area contributed by atoms with Gasteiger partial charge in [-0.15, -0.1) is 6.58 Å². The lowest BCUT2D eigenvalue weighted by Gasteiger charge is -2.08. The summed E-state index contributed by atoms with van der Waals surface area (Å²) in [5, 5.41) is 8.13. The van der Waals surface area contributed by atoms with Crippen LogP contribution in [0.3, 0.4) is 0 Å². The number of pyridine rings is 1. The van der Waals surface area contributed by atoms with Crippen LogP contribution < -0.4 is 16.0 Å². The standard InChI is InChI=1S/C18H20N4O2/c1-2-11-20-18(24)22-16-8-6-15(7-9-16)21-17(23)10-5-14-4-3-12-19-13-14/h2-4,6-9,12-13H,1,5,10-11H2,(H,21,23)(H2,20,22,24). The minimum Gasteiger partial charge on any atom is -0.334 e. The lowest BCUT2D eigenvalue weighted by atomic mass is 10.1. The maximum absolute atomic E-state index is 11.9. The van der Waals surface area contributed by atoms with Gasteiger partial charge >= 0.3 is 6.03 Å². The minimum atomic E-state index is -0.303. The molecule has 0 bridgehead atoms. The second-order valence-electron chi connectivity index (χ2n) is 5.11. The zero-order valence-electron chi connectivity index (χ0n) is 13.3. The number of anilines is 2. The molecule has 1 aromatic heterocycles. The van der Waals surface area contributed by atoms with Crippen LogP contribution in [0.1, 0.15) is 12.0 Å². The molecule has 0 saturated carbocycles. The van der Waals surface area contributed by atoms with Gasteiger partial charge in [-0.05, 0) is 42.3 Å². The molecule has 24 heavy (non-hydrogen) atoms. The summed E-state index contributed by atoms with van der Waals surface area (Å²) in [6.45, 7) is 3.93. The quantitative estimate of drug-likeness (QED) is 0.685. The van der Waals surface area contributed by atoms with E-state index >= 15 is 0 Å². The van der Waals surface area contributed by atoms with E-state index in [0.717, 1.165) is 5.56 Å². The van der Waals surface area contributed by atoms with Crippen molar-refractivity contribution in [1.82, 2.24) is 10.3 Å². The summed E-state index contributed by atoms with van der Waals surface area (Å²) in [6.07, 6.45) is 6.09. The van der Waals surface area contributed by atoms with Crippen LogP contribution in [0.4, 0.5) is 16.2 Å². The van der Waals surface area contributed by atoms with Crippen LogP contribution in [-0.4, -0.2) is 23.5 Å². The first-order valence-electron chi connectivity index (χ1n) is 7.62. The van der Waals surface area contributed by atoms with Crippen molar-refractivity contribution in [3.8, 4) is 0 Å². The van der Waals surface area contributed by atoms with Crippen molar-refractivity contribution in [2.24, 2.45) is 0 Å². The molecule has 1 heterocycles. The number of aromatic nitrogens is 1. The van der Waals surface area contributed by atoms with Gasteiger partial charge < -0.3 is 16.0 Å². The molecule has 0 radical (unpaired) electrons. The van der Waals surface area contributed by atoms with Crippen molar-refractivity contribution in [1.29, 1.82) is 0 Å². The van der Waals surface area contributed by atoms with E-state index in [9.17, 15) is 9.59 Å². The van der Waals surface area contributed by atoms with Gasteiger partial charge in [-0.2, -0.15) is 0 Å². The third-order valence-electron chi connectivity index (χ3n) is 3.20. The highest BCUT2D eigenvalue weighted by molar-refractivity contribution is 5.92. The normalized spacial score (nSPS) is 9.83. The molecule has 0 saturated heterocycles. The molecule has 0 aliphatic heterocycles. The van der Waals surface area contributed by atoms with Gasteiger partial charge in [-0.3, -0.25) is 9.78 Å². The van der Waals surface area contributed by atoms with Crippen LogP contribution in [0, 0.1) is 0 Å². The fraction of sp³-hybridized carbons (Fsp3) is 0.167. The predicted octanol–water partition coefficient (Wildman–Crippen LogP) is 2.96. The molecule has 2 rings (SSSR count). The molecule has 124 valence electrons. The fourth-order valence-electron chi connectivity index (χ4n) is 2.00. The maximum Gasteiger partial charge on any atom is 0.319 e. The van der Waals surface area contributed by atoms with Crippen LogP contribution >= 0.6 is 0 Å². The van der Waals surface area contributed by atoms with Crippen molar-refractivity contribution in [2.75, 3.05) is 17.2 Å². The number of nitrogens with zero attached hydrogens (tertiary/aromatic N) is 1. The zero-order valence-corrected chi connectivity index (χ0v) is 13.3. The van der Waals surface area contributed by atoms with Crippen LogP contribution in [0.2, 0.25) is 0 Å². The Bertz CT molecular complexity index is 684. The van der Waals surface area contributed by atoms with Gasteiger partial charge in [0.1, 0.15) is 0 Å². The second-order valence-corrected chi connectivity index (χ2v) is 5.11. The topological polar surface area (TPSA) is 83.1 Å². The first-order valence-corrected chi connectivity index (χ1v) is 7.62. The first kappa shape index (κ1) is 17.2. The van der Waals surface area contributed by atoms with Gasteiger partial charge in [0.15, 0.2) is 0 Å². The molecule has 2 aromatic rings. The smallest absolute Gasteiger partial charge is 0.319 e. The Morgan fingerprint density at radius 3 is 2.42 bits per heavy atom. The fourth-order valence-corrected chi connectivity index (χ4v) is 2.00. The summed E-state index contributed by atoms with van der Waals surface area (Å²) in [5.41, 5.74) is 2.35. The third kappa shape index (κ3) is 5.92. The summed E-state index contributed by atoms with van der Waals surface area (Å²) >= 11 is 0. The average molecular weight is 324 g/mol. The number of amides is 3. The molecule has 0 spiro atoms. The Labute approximate surface area is 141 Å².